The molecule has 7 heteroatoms. The first-order valence-electron chi connectivity index (χ1n) is 4.71. The van der Waals surface area contributed by atoms with Gasteiger partial charge in [0, 0.05) is 6.54 Å². The van der Waals surface area contributed by atoms with Crippen molar-refractivity contribution in [3.05, 3.63) is 18.1 Å². The Morgan fingerprint density at radius 3 is 2.94 bits per heavy atom. The minimum Gasteiger partial charge on any atom is -0.475 e. The molecule has 1 rings (SSSR count). The number of ether oxygens (including phenoxy) is 1. The Morgan fingerprint density at radius 2 is 2.31 bits per heavy atom. The van der Waals surface area contributed by atoms with Crippen LogP contribution in [0.15, 0.2) is 17.5 Å². The van der Waals surface area contributed by atoms with E-state index in [1.165, 1.54) is 12.4 Å². The molecule has 0 atom stereocenters. The van der Waals surface area contributed by atoms with Crippen molar-refractivity contribution >= 4 is 5.84 Å². The van der Waals surface area contributed by atoms with E-state index in [1.807, 2.05) is 19.0 Å². The van der Waals surface area contributed by atoms with Crippen molar-refractivity contribution in [2.24, 2.45) is 10.9 Å². The lowest BCUT2D eigenvalue weighted by Gasteiger charge is -2.10. The predicted octanol–water partition coefficient (Wildman–Crippen LogP) is -0.489. The Balaban J connectivity index is 2.61. The zero-order valence-electron chi connectivity index (χ0n) is 9.29. The first-order valence-corrected chi connectivity index (χ1v) is 4.71. The van der Waals surface area contributed by atoms with Gasteiger partial charge in [-0.15, -0.1) is 0 Å². The van der Waals surface area contributed by atoms with Gasteiger partial charge in [0.2, 0.25) is 5.88 Å². The summed E-state index contributed by atoms with van der Waals surface area (Å²) in [6.07, 6.45) is 2.87. The van der Waals surface area contributed by atoms with Crippen molar-refractivity contribution in [1.82, 2.24) is 14.9 Å². The molecule has 0 bridgehead atoms. The maximum Gasteiger partial charge on any atom is 0.233 e. The Hall–Kier alpha value is -1.89. The van der Waals surface area contributed by atoms with E-state index in [4.69, 9.17) is 15.7 Å². The normalized spacial score (nSPS) is 11.8. The molecule has 1 aromatic heterocycles. The van der Waals surface area contributed by atoms with E-state index in [2.05, 4.69) is 15.1 Å². The molecule has 0 radical (unpaired) electrons. The predicted molar refractivity (Wildman–Crippen MR) is 58.6 cm³/mol. The number of aromatic nitrogens is 2. The highest BCUT2D eigenvalue weighted by Crippen LogP contribution is 2.04. The minimum absolute atomic E-state index is 0.0921. The number of nitrogens with zero attached hydrogens (tertiary/aromatic N) is 4. The van der Waals surface area contributed by atoms with Crippen LogP contribution in [0, 0.1) is 0 Å². The van der Waals surface area contributed by atoms with Crippen LogP contribution < -0.4 is 10.5 Å². The summed E-state index contributed by atoms with van der Waals surface area (Å²) in [5, 5.41) is 11.3. The van der Waals surface area contributed by atoms with E-state index in [0.717, 1.165) is 6.54 Å². The number of oxime groups is 1. The van der Waals surface area contributed by atoms with Crippen LogP contribution in [-0.2, 0) is 0 Å². The number of hydrogen-bond acceptors (Lipinski definition) is 6. The molecular formula is C9H15N5O2. The summed E-state index contributed by atoms with van der Waals surface area (Å²) in [4.78, 5) is 9.89. The zero-order valence-corrected chi connectivity index (χ0v) is 9.29. The molecule has 0 unspecified atom stereocenters. The van der Waals surface area contributed by atoms with Crippen molar-refractivity contribution < 1.29 is 9.94 Å². The zero-order chi connectivity index (χ0) is 12.0. The molecule has 0 saturated carbocycles. The summed E-state index contributed by atoms with van der Waals surface area (Å²) in [5.41, 5.74) is 5.66. The fourth-order valence-electron chi connectivity index (χ4n) is 0.925. The molecule has 0 fully saturated rings. The van der Waals surface area contributed by atoms with Crippen LogP contribution >= 0.6 is 0 Å². The van der Waals surface area contributed by atoms with E-state index in [9.17, 15) is 0 Å². The standard InChI is InChI=1S/C9H15N5O2/c1-14(2)3-4-16-8-6-11-5-7(12-8)9(10)13-15/h5-6,15H,3-4H2,1-2H3,(H2,10,13). The largest absolute Gasteiger partial charge is 0.475 e. The smallest absolute Gasteiger partial charge is 0.233 e. The average Bonchev–Trinajstić information content (AvgIpc) is 2.28. The van der Waals surface area contributed by atoms with Crippen LogP contribution in [0.2, 0.25) is 0 Å². The number of hydrogen-bond donors (Lipinski definition) is 2. The van der Waals surface area contributed by atoms with Gasteiger partial charge in [-0.25, -0.2) is 4.98 Å². The first-order chi connectivity index (χ1) is 7.63. The molecule has 0 aromatic carbocycles. The van der Waals surface area contributed by atoms with Crippen molar-refractivity contribution in [2.45, 2.75) is 0 Å². The van der Waals surface area contributed by atoms with E-state index >= 15 is 0 Å². The fraction of sp³-hybridized carbons (Fsp3) is 0.444. The van der Waals surface area contributed by atoms with Crippen LogP contribution in [0.5, 0.6) is 5.88 Å². The number of rotatable bonds is 5. The van der Waals surface area contributed by atoms with Crippen molar-refractivity contribution in [3.63, 3.8) is 0 Å². The molecule has 0 aliphatic rings. The molecule has 88 valence electrons. The van der Waals surface area contributed by atoms with Gasteiger partial charge in [0.15, 0.2) is 5.84 Å². The Morgan fingerprint density at radius 1 is 1.56 bits per heavy atom. The lowest BCUT2D eigenvalue weighted by molar-refractivity contribution is 0.253. The minimum atomic E-state index is -0.0921. The Bertz CT molecular complexity index is 367. The lowest BCUT2D eigenvalue weighted by Crippen LogP contribution is -2.20. The summed E-state index contributed by atoms with van der Waals surface area (Å²) >= 11 is 0. The van der Waals surface area contributed by atoms with Gasteiger partial charge in [-0.3, -0.25) is 4.98 Å². The molecule has 7 nitrogen and oxygen atoms in total. The SMILES string of the molecule is CN(C)CCOc1cncc(/C(N)=N/O)n1. The highest BCUT2D eigenvalue weighted by atomic mass is 16.5. The Labute approximate surface area is 93.6 Å². The molecule has 0 aliphatic carbocycles. The van der Waals surface area contributed by atoms with Crippen LogP contribution in [0.4, 0.5) is 0 Å². The van der Waals surface area contributed by atoms with Gasteiger partial charge in [0.1, 0.15) is 12.3 Å². The number of nitrogens with two attached hydrogens (primary N) is 1. The second-order valence-electron chi connectivity index (χ2n) is 3.38. The fourth-order valence-corrected chi connectivity index (χ4v) is 0.925. The topological polar surface area (TPSA) is 96.9 Å². The van der Waals surface area contributed by atoms with E-state index in [-0.39, 0.29) is 11.5 Å². The molecule has 1 aromatic rings. The third-order valence-electron chi connectivity index (χ3n) is 1.77. The first kappa shape index (κ1) is 12.2. The average molecular weight is 225 g/mol. The molecule has 16 heavy (non-hydrogen) atoms. The summed E-state index contributed by atoms with van der Waals surface area (Å²) in [6.45, 7) is 1.27. The van der Waals surface area contributed by atoms with Crippen molar-refractivity contribution in [2.75, 3.05) is 27.2 Å². The van der Waals surface area contributed by atoms with Gasteiger partial charge in [-0.05, 0) is 14.1 Å². The molecule has 0 aliphatic heterocycles. The highest BCUT2D eigenvalue weighted by molar-refractivity contribution is 5.94. The van der Waals surface area contributed by atoms with Gasteiger partial charge in [-0.2, -0.15) is 0 Å². The second kappa shape index (κ2) is 5.86. The van der Waals surface area contributed by atoms with Crippen LogP contribution in [0.1, 0.15) is 5.69 Å². The molecule has 0 amide bonds. The Kier molecular flexibility index (Phi) is 4.46. The van der Waals surface area contributed by atoms with Crippen LogP contribution in [0.3, 0.4) is 0 Å². The van der Waals surface area contributed by atoms with Crippen molar-refractivity contribution in [3.8, 4) is 5.88 Å². The van der Waals surface area contributed by atoms with Gasteiger partial charge in [0.05, 0.1) is 12.4 Å². The molecule has 1 heterocycles. The maximum absolute atomic E-state index is 8.48. The van der Waals surface area contributed by atoms with E-state index in [0.29, 0.717) is 12.5 Å². The third-order valence-corrected chi connectivity index (χ3v) is 1.77. The summed E-state index contributed by atoms with van der Waals surface area (Å²) in [6, 6.07) is 0. The van der Waals surface area contributed by atoms with Crippen molar-refractivity contribution in [1.29, 1.82) is 0 Å². The lowest BCUT2D eigenvalue weighted by atomic mass is 10.4. The quantitative estimate of drug-likeness (QED) is 0.304. The number of amidine groups is 1. The third kappa shape index (κ3) is 3.70. The van der Waals surface area contributed by atoms with Gasteiger partial charge < -0.3 is 20.6 Å². The molecule has 0 saturated heterocycles. The van der Waals surface area contributed by atoms with Gasteiger partial charge in [0.25, 0.3) is 0 Å². The van der Waals surface area contributed by atoms with Crippen LogP contribution in [-0.4, -0.2) is 53.2 Å². The van der Waals surface area contributed by atoms with Gasteiger partial charge in [-0.1, -0.05) is 5.16 Å². The van der Waals surface area contributed by atoms with E-state index < -0.39 is 0 Å². The van der Waals surface area contributed by atoms with Gasteiger partial charge >= 0.3 is 0 Å². The van der Waals surface area contributed by atoms with E-state index in [1.54, 1.807) is 0 Å². The summed E-state index contributed by atoms with van der Waals surface area (Å²) < 4.78 is 5.34. The molecule has 3 N–H and O–H groups in total. The summed E-state index contributed by atoms with van der Waals surface area (Å²) in [7, 11) is 3.89. The summed E-state index contributed by atoms with van der Waals surface area (Å²) in [5.74, 6) is 0.261. The maximum atomic E-state index is 8.48. The van der Waals surface area contributed by atoms with Crippen LogP contribution in [0.25, 0.3) is 0 Å². The molecule has 0 spiro atoms. The monoisotopic (exact) mass is 225 g/mol. The highest BCUT2D eigenvalue weighted by Gasteiger charge is 2.04. The molecular weight excluding hydrogens is 210 g/mol. The second-order valence-corrected chi connectivity index (χ2v) is 3.38. The number of likely N-dealkylation sites (N-methyl/N-ethyl adjacent to an activating group) is 1.